The van der Waals surface area contributed by atoms with Crippen molar-refractivity contribution in [2.45, 2.75) is 0 Å². The predicted molar refractivity (Wildman–Crippen MR) is 74.0 cm³/mol. The van der Waals surface area contributed by atoms with E-state index in [1.807, 2.05) is 30.3 Å². The van der Waals surface area contributed by atoms with Crippen molar-refractivity contribution in [2.75, 3.05) is 0 Å². The van der Waals surface area contributed by atoms with Gasteiger partial charge in [-0.05, 0) is 58.5 Å². The van der Waals surface area contributed by atoms with Crippen LogP contribution in [0.25, 0.3) is 11.1 Å². The molecule has 2 rings (SSSR count). The standard InChI is InChI=1S/C14H7IN2/c15-13-6-5-12(9-17)14(7-13)11-3-1-10(8-16)2-4-11/h1-7H. The number of hydrogen-bond acceptors (Lipinski definition) is 2. The van der Waals surface area contributed by atoms with Gasteiger partial charge in [0.05, 0.1) is 23.3 Å². The molecule has 0 unspecified atom stereocenters. The fraction of sp³-hybridized carbons (Fsp3) is 0. The summed E-state index contributed by atoms with van der Waals surface area (Å²) < 4.78 is 1.08. The third kappa shape index (κ3) is 2.46. The molecule has 2 aromatic rings. The first-order chi connectivity index (χ1) is 8.24. The van der Waals surface area contributed by atoms with Gasteiger partial charge in [0.1, 0.15) is 0 Å². The number of rotatable bonds is 1. The quantitative estimate of drug-likeness (QED) is 0.749. The van der Waals surface area contributed by atoms with Gasteiger partial charge in [0, 0.05) is 9.13 Å². The Labute approximate surface area is 113 Å². The lowest BCUT2D eigenvalue weighted by Gasteiger charge is -2.05. The second-order valence-electron chi connectivity index (χ2n) is 3.49. The molecule has 0 saturated heterocycles. The maximum absolute atomic E-state index is 9.07. The van der Waals surface area contributed by atoms with Crippen LogP contribution in [-0.4, -0.2) is 0 Å². The minimum Gasteiger partial charge on any atom is -0.192 e. The highest BCUT2D eigenvalue weighted by molar-refractivity contribution is 14.1. The summed E-state index contributed by atoms with van der Waals surface area (Å²) in [6, 6.07) is 17.2. The van der Waals surface area contributed by atoms with Crippen LogP contribution < -0.4 is 0 Å². The van der Waals surface area contributed by atoms with Gasteiger partial charge in [0.2, 0.25) is 0 Å². The van der Waals surface area contributed by atoms with Crippen LogP contribution in [0.4, 0.5) is 0 Å². The summed E-state index contributed by atoms with van der Waals surface area (Å²) in [5.41, 5.74) is 3.14. The van der Waals surface area contributed by atoms with Crippen molar-refractivity contribution >= 4 is 22.6 Å². The summed E-state index contributed by atoms with van der Waals surface area (Å²) >= 11 is 2.22. The Morgan fingerprint density at radius 2 is 1.59 bits per heavy atom. The first-order valence-corrected chi connectivity index (χ1v) is 6.02. The molecule has 0 amide bonds. The van der Waals surface area contributed by atoms with E-state index in [2.05, 4.69) is 34.7 Å². The molecule has 0 aliphatic heterocycles. The highest BCUT2D eigenvalue weighted by atomic mass is 127. The Morgan fingerprint density at radius 1 is 0.882 bits per heavy atom. The molecule has 80 valence electrons. The van der Waals surface area contributed by atoms with Crippen LogP contribution in [0, 0.1) is 26.2 Å². The molecule has 0 aromatic heterocycles. The largest absolute Gasteiger partial charge is 0.192 e. The lowest BCUT2D eigenvalue weighted by Crippen LogP contribution is -1.86. The van der Waals surface area contributed by atoms with Crippen LogP contribution in [-0.2, 0) is 0 Å². The van der Waals surface area contributed by atoms with Gasteiger partial charge < -0.3 is 0 Å². The van der Waals surface area contributed by atoms with Crippen LogP contribution in [0.3, 0.4) is 0 Å². The number of benzene rings is 2. The third-order valence-electron chi connectivity index (χ3n) is 2.43. The number of halogens is 1. The maximum atomic E-state index is 9.07. The van der Waals surface area contributed by atoms with Gasteiger partial charge in [0.15, 0.2) is 0 Å². The summed E-state index contributed by atoms with van der Waals surface area (Å²) in [5.74, 6) is 0. The van der Waals surface area contributed by atoms with E-state index in [1.54, 1.807) is 12.1 Å². The number of nitriles is 2. The van der Waals surface area contributed by atoms with E-state index in [0.29, 0.717) is 11.1 Å². The second-order valence-corrected chi connectivity index (χ2v) is 4.74. The molecule has 0 spiro atoms. The third-order valence-corrected chi connectivity index (χ3v) is 3.10. The Kier molecular flexibility index (Phi) is 3.41. The molecule has 0 fully saturated rings. The second kappa shape index (κ2) is 4.99. The molecule has 0 heterocycles. The van der Waals surface area contributed by atoms with E-state index in [1.165, 1.54) is 0 Å². The minimum atomic E-state index is 0.623. The van der Waals surface area contributed by atoms with E-state index in [9.17, 15) is 0 Å². The van der Waals surface area contributed by atoms with Gasteiger partial charge in [-0.3, -0.25) is 0 Å². The van der Waals surface area contributed by atoms with Gasteiger partial charge in [-0.2, -0.15) is 10.5 Å². The zero-order chi connectivity index (χ0) is 12.3. The van der Waals surface area contributed by atoms with Crippen LogP contribution in [0.5, 0.6) is 0 Å². The zero-order valence-corrected chi connectivity index (χ0v) is 11.0. The Hall–Kier alpha value is -1.85. The van der Waals surface area contributed by atoms with Gasteiger partial charge in [-0.1, -0.05) is 12.1 Å². The Morgan fingerprint density at radius 3 is 2.18 bits per heavy atom. The summed E-state index contributed by atoms with van der Waals surface area (Å²) in [6.07, 6.45) is 0. The molecule has 0 aliphatic rings. The molecule has 3 heteroatoms. The zero-order valence-electron chi connectivity index (χ0n) is 8.81. The van der Waals surface area contributed by atoms with Crippen molar-refractivity contribution in [3.8, 4) is 23.3 Å². The van der Waals surface area contributed by atoms with E-state index in [0.717, 1.165) is 14.7 Å². The van der Waals surface area contributed by atoms with Crippen molar-refractivity contribution in [3.05, 3.63) is 57.2 Å². The van der Waals surface area contributed by atoms with Crippen molar-refractivity contribution < 1.29 is 0 Å². The molecule has 0 radical (unpaired) electrons. The maximum Gasteiger partial charge on any atom is 0.0998 e. The van der Waals surface area contributed by atoms with Gasteiger partial charge in [-0.25, -0.2) is 0 Å². The predicted octanol–water partition coefficient (Wildman–Crippen LogP) is 3.70. The number of nitrogens with zero attached hydrogens (tertiary/aromatic N) is 2. The summed E-state index contributed by atoms with van der Waals surface area (Å²) in [4.78, 5) is 0. The average molecular weight is 330 g/mol. The van der Waals surface area contributed by atoms with Crippen LogP contribution in [0.2, 0.25) is 0 Å². The number of hydrogen-bond donors (Lipinski definition) is 0. The average Bonchev–Trinajstić information content (AvgIpc) is 2.39. The normalized spacial score (nSPS) is 9.35. The van der Waals surface area contributed by atoms with E-state index < -0.39 is 0 Å². The molecular weight excluding hydrogens is 323 g/mol. The highest BCUT2D eigenvalue weighted by Gasteiger charge is 2.05. The van der Waals surface area contributed by atoms with Crippen molar-refractivity contribution in [2.24, 2.45) is 0 Å². The lowest BCUT2D eigenvalue weighted by molar-refractivity contribution is 1.46. The van der Waals surface area contributed by atoms with E-state index >= 15 is 0 Å². The Bertz CT molecular complexity index is 631. The van der Waals surface area contributed by atoms with Crippen molar-refractivity contribution in [1.82, 2.24) is 0 Å². The molecule has 0 saturated carbocycles. The first kappa shape index (κ1) is 11.6. The van der Waals surface area contributed by atoms with Gasteiger partial charge >= 0.3 is 0 Å². The van der Waals surface area contributed by atoms with Gasteiger partial charge in [0.25, 0.3) is 0 Å². The van der Waals surface area contributed by atoms with Crippen molar-refractivity contribution in [3.63, 3.8) is 0 Å². The molecule has 17 heavy (non-hydrogen) atoms. The lowest BCUT2D eigenvalue weighted by atomic mass is 10.00. The topological polar surface area (TPSA) is 47.6 Å². The Balaban J connectivity index is 2.56. The minimum absolute atomic E-state index is 0.623. The van der Waals surface area contributed by atoms with Crippen LogP contribution >= 0.6 is 22.6 Å². The molecule has 0 bridgehead atoms. The molecule has 0 aliphatic carbocycles. The molecular formula is C14H7IN2. The SMILES string of the molecule is N#Cc1ccc(-c2cc(I)ccc2C#N)cc1. The van der Waals surface area contributed by atoms with Crippen molar-refractivity contribution in [1.29, 1.82) is 10.5 Å². The smallest absolute Gasteiger partial charge is 0.0998 e. The molecule has 2 aromatic carbocycles. The molecule has 0 N–H and O–H groups in total. The summed E-state index contributed by atoms with van der Waals surface area (Å²) in [7, 11) is 0. The molecule has 2 nitrogen and oxygen atoms in total. The molecule has 0 atom stereocenters. The highest BCUT2D eigenvalue weighted by Crippen LogP contribution is 2.25. The summed E-state index contributed by atoms with van der Waals surface area (Å²) in [5, 5.41) is 17.8. The van der Waals surface area contributed by atoms with E-state index in [4.69, 9.17) is 10.5 Å². The van der Waals surface area contributed by atoms with Crippen LogP contribution in [0.1, 0.15) is 11.1 Å². The van der Waals surface area contributed by atoms with Crippen LogP contribution in [0.15, 0.2) is 42.5 Å². The fourth-order valence-electron chi connectivity index (χ4n) is 1.58. The van der Waals surface area contributed by atoms with Gasteiger partial charge in [-0.15, -0.1) is 0 Å². The fourth-order valence-corrected chi connectivity index (χ4v) is 2.07. The summed E-state index contributed by atoms with van der Waals surface area (Å²) in [6.45, 7) is 0. The monoisotopic (exact) mass is 330 g/mol. The van der Waals surface area contributed by atoms with E-state index in [-0.39, 0.29) is 0 Å². The first-order valence-electron chi connectivity index (χ1n) is 4.95.